The molecule has 0 spiro atoms. The van der Waals surface area contributed by atoms with Crippen LogP contribution in [0.2, 0.25) is 0 Å². The normalized spacial score (nSPS) is 17.1. The largest absolute Gasteiger partial charge is 0.475 e. The van der Waals surface area contributed by atoms with Crippen LogP contribution in [0, 0.1) is 18.8 Å². The van der Waals surface area contributed by atoms with Crippen LogP contribution in [0.4, 0.5) is 13.2 Å². The first-order chi connectivity index (χ1) is 13.0. The predicted molar refractivity (Wildman–Crippen MR) is 87.5 cm³/mol. The highest BCUT2D eigenvalue weighted by atomic mass is 19.4. The lowest BCUT2D eigenvalue weighted by molar-refractivity contribution is -0.976. The van der Waals surface area contributed by atoms with Crippen LogP contribution >= 0.6 is 0 Å². The van der Waals surface area contributed by atoms with Gasteiger partial charge in [0, 0.05) is 12.7 Å². The van der Waals surface area contributed by atoms with Crippen LogP contribution in [0.25, 0.3) is 6.08 Å². The molecule has 0 aromatic heterocycles. The molecule has 154 valence electrons. The Kier molecular flexibility index (Phi) is 6.49. The van der Waals surface area contributed by atoms with E-state index in [1.165, 1.54) is 7.11 Å². The van der Waals surface area contributed by atoms with E-state index < -0.39 is 41.6 Å². The summed E-state index contributed by atoms with van der Waals surface area (Å²) in [7, 11) is 1.25. The molecule has 1 N–H and O–H groups in total. The number of ether oxygens (including phenoxy) is 3. The van der Waals surface area contributed by atoms with Crippen molar-refractivity contribution in [2.45, 2.75) is 32.2 Å². The molecule has 11 heteroatoms. The summed E-state index contributed by atoms with van der Waals surface area (Å²) in [4.78, 5) is 27.1. The summed E-state index contributed by atoms with van der Waals surface area (Å²) in [6.07, 6.45) is -7.57. The lowest BCUT2D eigenvalue weighted by atomic mass is 9.97. The maximum Gasteiger partial charge on any atom is 0.475 e. The van der Waals surface area contributed by atoms with Crippen LogP contribution in [0.1, 0.15) is 16.7 Å². The molecule has 1 heterocycles. The van der Waals surface area contributed by atoms with E-state index in [1.54, 1.807) is 26.0 Å². The molecule has 0 bridgehead atoms. The molecule has 2 rings (SSSR count). The Bertz CT molecular complexity index is 792. The van der Waals surface area contributed by atoms with Crippen molar-refractivity contribution in [3.05, 3.63) is 39.3 Å². The number of halogens is 3. The van der Waals surface area contributed by atoms with Gasteiger partial charge in [0.1, 0.15) is 10.7 Å². The van der Waals surface area contributed by atoms with Crippen LogP contribution in [0.3, 0.4) is 0 Å². The second kappa shape index (κ2) is 8.46. The Hall–Kier alpha value is -2.82. The molecule has 1 aromatic carbocycles. The van der Waals surface area contributed by atoms with Crippen LogP contribution in [-0.2, 0) is 19.1 Å². The minimum Gasteiger partial charge on any atom is -0.475 e. The SMILES string of the molecule is COCC(CO[N+](=O)O)OC(=O)C1=Cc2cc(C)cc(C)c2O[C@@H]1C(F)(F)F. The standard InChI is InChI=1S/C17H19F3NO7/c1-9-4-10(2)14-11(5-9)6-13(15(28-14)17(18,19)20)16(22)27-12(7-25-3)8-26-21(23)24/h4-6,12,15H,7-8H2,1-3H3,(H,23,24)/q+1/t12?,15-/m0/s1. The van der Waals surface area contributed by atoms with Crippen molar-refractivity contribution in [3.63, 3.8) is 0 Å². The van der Waals surface area contributed by atoms with Crippen LogP contribution in [0.5, 0.6) is 5.75 Å². The second-order valence-corrected chi connectivity index (χ2v) is 6.16. The fourth-order valence-electron chi connectivity index (χ4n) is 2.76. The van der Waals surface area contributed by atoms with E-state index in [2.05, 4.69) is 4.84 Å². The number of fused-ring (bicyclic) bond motifs is 1. The molecule has 1 aliphatic rings. The van der Waals surface area contributed by atoms with E-state index in [1.807, 2.05) is 0 Å². The molecule has 1 aliphatic heterocycles. The number of carbonyl (C=O) groups is 1. The number of methoxy groups -OCH3 is 1. The Morgan fingerprint density at radius 3 is 2.57 bits per heavy atom. The van der Waals surface area contributed by atoms with Gasteiger partial charge in [-0.3, -0.25) is 0 Å². The summed E-state index contributed by atoms with van der Waals surface area (Å²) in [5.74, 6) is -1.28. The van der Waals surface area contributed by atoms with Crippen molar-refractivity contribution in [2.75, 3.05) is 20.3 Å². The topological polar surface area (TPSA) is 94.3 Å². The molecular formula is C17H19F3NO7+. The minimum absolute atomic E-state index is 0.0310. The molecular weight excluding hydrogens is 387 g/mol. The monoisotopic (exact) mass is 406 g/mol. The summed E-state index contributed by atoms with van der Waals surface area (Å²) >= 11 is 0. The lowest BCUT2D eigenvalue weighted by Crippen LogP contribution is -2.42. The Morgan fingerprint density at radius 1 is 1.32 bits per heavy atom. The third-order valence-electron chi connectivity index (χ3n) is 3.81. The minimum atomic E-state index is -4.87. The van der Waals surface area contributed by atoms with Gasteiger partial charge in [0.25, 0.3) is 0 Å². The van der Waals surface area contributed by atoms with E-state index in [0.717, 1.165) is 11.6 Å². The van der Waals surface area contributed by atoms with Gasteiger partial charge in [0.05, 0.1) is 12.2 Å². The molecule has 0 fully saturated rings. The Balaban J connectivity index is 2.35. The maximum atomic E-state index is 13.5. The number of esters is 1. The van der Waals surface area contributed by atoms with Crippen molar-refractivity contribution in [3.8, 4) is 5.75 Å². The van der Waals surface area contributed by atoms with E-state index >= 15 is 0 Å². The third kappa shape index (κ3) is 5.12. The van der Waals surface area contributed by atoms with Crippen LogP contribution in [0.15, 0.2) is 17.7 Å². The van der Waals surface area contributed by atoms with Gasteiger partial charge in [-0.15, -0.1) is 0 Å². The molecule has 1 unspecified atom stereocenters. The summed E-state index contributed by atoms with van der Waals surface area (Å²) in [5.41, 5.74) is 0.829. The second-order valence-electron chi connectivity index (χ2n) is 6.16. The Labute approximate surface area is 157 Å². The average molecular weight is 406 g/mol. The zero-order valence-electron chi connectivity index (χ0n) is 15.3. The molecule has 2 atom stereocenters. The van der Waals surface area contributed by atoms with Gasteiger partial charge in [-0.25, -0.2) is 10.0 Å². The van der Waals surface area contributed by atoms with Gasteiger partial charge in [0.15, 0.2) is 6.10 Å². The number of carbonyl (C=O) groups excluding carboxylic acids is 1. The smallest absolute Gasteiger partial charge is 0.475 e. The molecule has 0 radical (unpaired) electrons. The average Bonchev–Trinajstić information content (AvgIpc) is 2.57. The van der Waals surface area contributed by atoms with Gasteiger partial charge in [-0.2, -0.15) is 18.0 Å². The molecule has 0 amide bonds. The molecule has 0 saturated carbocycles. The highest BCUT2D eigenvalue weighted by molar-refractivity contribution is 5.96. The summed E-state index contributed by atoms with van der Waals surface area (Å²) in [6.45, 7) is 2.45. The van der Waals surface area contributed by atoms with E-state index in [-0.39, 0.29) is 12.4 Å². The van der Waals surface area contributed by atoms with Crippen molar-refractivity contribution in [2.24, 2.45) is 0 Å². The van der Waals surface area contributed by atoms with Gasteiger partial charge in [-0.05, 0) is 31.6 Å². The van der Waals surface area contributed by atoms with Crippen LogP contribution in [-0.4, -0.2) is 55.0 Å². The number of alkyl halides is 3. The molecule has 0 aliphatic carbocycles. The highest BCUT2D eigenvalue weighted by Crippen LogP contribution is 2.39. The maximum absolute atomic E-state index is 13.5. The number of rotatable bonds is 7. The van der Waals surface area contributed by atoms with Crippen molar-refractivity contribution < 1.29 is 47.3 Å². The predicted octanol–water partition coefficient (Wildman–Crippen LogP) is 2.67. The van der Waals surface area contributed by atoms with Crippen molar-refractivity contribution in [1.82, 2.24) is 0 Å². The highest BCUT2D eigenvalue weighted by Gasteiger charge is 2.49. The van der Waals surface area contributed by atoms with Crippen LogP contribution < -0.4 is 4.74 Å². The van der Waals surface area contributed by atoms with Gasteiger partial charge in [0.2, 0.25) is 12.7 Å². The van der Waals surface area contributed by atoms with E-state index in [4.69, 9.17) is 19.4 Å². The Morgan fingerprint density at radius 2 is 2.00 bits per heavy atom. The zero-order chi connectivity index (χ0) is 21.1. The number of hydrogen-bond donors (Lipinski definition) is 1. The molecule has 1 aromatic rings. The fourth-order valence-corrected chi connectivity index (χ4v) is 2.76. The van der Waals surface area contributed by atoms with Gasteiger partial charge >= 0.3 is 17.2 Å². The first kappa shape index (κ1) is 21.5. The molecule has 28 heavy (non-hydrogen) atoms. The zero-order valence-corrected chi connectivity index (χ0v) is 15.3. The summed E-state index contributed by atoms with van der Waals surface area (Å²) in [5, 5.41) is 7.60. The first-order valence-electron chi connectivity index (χ1n) is 8.08. The van der Waals surface area contributed by atoms with E-state index in [9.17, 15) is 22.9 Å². The third-order valence-corrected chi connectivity index (χ3v) is 3.81. The summed E-state index contributed by atoms with van der Waals surface area (Å²) < 4.78 is 55.3. The number of aryl methyl sites for hydroxylation is 2. The van der Waals surface area contributed by atoms with Gasteiger partial charge < -0.3 is 14.2 Å². The fraction of sp³-hybridized carbons (Fsp3) is 0.471. The van der Waals surface area contributed by atoms with Gasteiger partial charge in [-0.1, -0.05) is 11.6 Å². The van der Waals surface area contributed by atoms with Crippen molar-refractivity contribution >= 4 is 12.0 Å². The first-order valence-corrected chi connectivity index (χ1v) is 8.08. The van der Waals surface area contributed by atoms with Crippen molar-refractivity contribution in [1.29, 1.82) is 0 Å². The quantitative estimate of drug-likeness (QED) is 0.550. The molecule has 8 nitrogen and oxygen atoms in total. The summed E-state index contributed by atoms with van der Waals surface area (Å²) in [6, 6.07) is 3.25. The number of hydrogen-bond acceptors (Lipinski definition) is 6. The van der Waals surface area contributed by atoms with E-state index in [0.29, 0.717) is 11.1 Å². The number of benzene rings is 1. The lowest BCUT2D eigenvalue weighted by Gasteiger charge is -2.29. The molecule has 0 saturated heterocycles. The number of nitrogens with zero attached hydrogens (tertiary/aromatic N) is 1.